The molecular formula is C19H28O2. The number of rotatable bonds is 2. The molecule has 0 aliphatic carbocycles. The number of phenolic OH excluding ortho intramolecular Hbond substituents is 1. The average Bonchev–Trinajstić information content (AvgIpc) is 2.24. The molecule has 1 aromatic rings. The number of carbonyl (C=O) groups is 1. The Morgan fingerprint density at radius 2 is 1.33 bits per heavy atom. The molecule has 0 fully saturated rings. The molecule has 0 saturated heterocycles. The number of hydrogen-bond acceptors (Lipinski definition) is 2. The van der Waals surface area contributed by atoms with E-state index in [-0.39, 0.29) is 16.6 Å². The number of benzene rings is 1. The Morgan fingerprint density at radius 3 is 1.62 bits per heavy atom. The smallest absolute Gasteiger partial charge is 0.152 e. The van der Waals surface area contributed by atoms with Crippen LogP contribution in [0.15, 0.2) is 18.2 Å². The second-order valence-corrected chi connectivity index (χ2v) is 7.86. The van der Waals surface area contributed by atoms with Gasteiger partial charge in [0.05, 0.1) is 0 Å². The van der Waals surface area contributed by atoms with Gasteiger partial charge in [0.25, 0.3) is 0 Å². The Balaban J connectivity index is 3.67. The summed E-state index contributed by atoms with van der Waals surface area (Å²) < 4.78 is 0. The maximum absolute atomic E-state index is 11.3. The van der Waals surface area contributed by atoms with Gasteiger partial charge < -0.3 is 5.11 Å². The summed E-state index contributed by atoms with van der Waals surface area (Å²) in [6.07, 6.45) is 1.64. The summed E-state index contributed by atoms with van der Waals surface area (Å²) in [5, 5.41) is 10.7. The number of aromatic hydroxyl groups is 1. The monoisotopic (exact) mass is 288 g/mol. The van der Waals surface area contributed by atoms with Crippen LogP contribution in [0.4, 0.5) is 0 Å². The van der Waals surface area contributed by atoms with Crippen LogP contribution in [0.3, 0.4) is 0 Å². The van der Waals surface area contributed by atoms with Gasteiger partial charge in [-0.2, -0.15) is 0 Å². The van der Waals surface area contributed by atoms with Gasteiger partial charge in [-0.15, -0.1) is 0 Å². The molecular weight excluding hydrogens is 260 g/mol. The van der Waals surface area contributed by atoms with Crippen molar-refractivity contribution in [3.8, 4) is 5.75 Å². The van der Waals surface area contributed by atoms with Crippen LogP contribution in [0, 0.1) is 0 Å². The van der Waals surface area contributed by atoms with Crippen LogP contribution >= 0.6 is 0 Å². The van der Waals surface area contributed by atoms with Crippen LogP contribution in [0.1, 0.15) is 72.1 Å². The molecule has 0 aromatic heterocycles. The Labute approximate surface area is 128 Å². The molecule has 21 heavy (non-hydrogen) atoms. The van der Waals surface area contributed by atoms with E-state index in [9.17, 15) is 9.90 Å². The van der Waals surface area contributed by atoms with E-state index in [0.717, 1.165) is 22.3 Å². The minimum atomic E-state index is -0.156. The van der Waals surface area contributed by atoms with Gasteiger partial charge in [-0.1, -0.05) is 41.5 Å². The van der Waals surface area contributed by atoms with Crippen LogP contribution in [0.5, 0.6) is 5.75 Å². The Kier molecular flexibility index (Phi) is 4.72. The molecule has 0 amide bonds. The molecule has 0 aliphatic heterocycles. The molecule has 0 radical (unpaired) electrons. The van der Waals surface area contributed by atoms with Gasteiger partial charge in [0.2, 0.25) is 0 Å². The highest BCUT2D eigenvalue weighted by atomic mass is 16.3. The molecule has 0 saturated carbocycles. The lowest BCUT2D eigenvalue weighted by Crippen LogP contribution is -2.17. The minimum Gasteiger partial charge on any atom is -0.507 e. The summed E-state index contributed by atoms with van der Waals surface area (Å²) in [5.74, 6) is 0.407. The minimum absolute atomic E-state index is 0.0372. The number of allylic oxidation sites excluding steroid dienone is 2. The largest absolute Gasteiger partial charge is 0.507 e. The molecule has 0 heterocycles. The fourth-order valence-corrected chi connectivity index (χ4v) is 2.39. The Morgan fingerprint density at radius 1 is 0.952 bits per heavy atom. The average molecular weight is 288 g/mol. The zero-order valence-corrected chi connectivity index (χ0v) is 14.6. The van der Waals surface area contributed by atoms with Crippen LogP contribution in [-0.2, 0) is 15.6 Å². The first-order valence-electron chi connectivity index (χ1n) is 7.41. The van der Waals surface area contributed by atoms with E-state index in [1.807, 2.05) is 19.1 Å². The number of carbonyl (C=O) groups excluding carboxylic acids is 1. The highest BCUT2D eigenvalue weighted by Gasteiger charge is 2.26. The lowest BCUT2D eigenvalue weighted by Gasteiger charge is -2.28. The zero-order chi connectivity index (χ0) is 16.6. The van der Waals surface area contributed by atoms with E-state index in [0.29, 0.717) is 5.75 Å². The van der Waals surface area contributed by atoms with Gasteiger partial charge in [0.1, 0.15) is 5.75 Å². The first-order valence-corrected chi connectivity index (χ1v) is 7.41. The second-order valence-electron chi connectivity index (χ2n) is 7.86. The molecule has 1 N–H and O–H groups in total. The van der Waals surface area contributed by atoms with Crippen molar-refractivity contribution in [3.05, 3.63) is 34.9 Å². The Bertz CT molecular complexity index is 544. The molecule has 1 rings (SSSR count). The lowest BCUT2D eigenvalue weighted by atomic mass is 9.77. The van der Waals surface area contributed by atoms with Gasteiger partial charge in [-0.3, -0.25) is 4.79 Å². The first kappa shape index (κ1) is 17.5. The predicted octanol–water partition coefficient (Wildman–Crippen LogP) is 4.98. The summed E-state index contributed by atoms with van der Waals surface area (Å²) in [4.78, 5) is 11.3. The summed E-state index contributed by atoms with van der Waals surface area (Å²) in [6.45, 7) is 16.0. The van der Waals surface area contributed by atoms with Crippen molar-refractivity contribution >= 4 is 11.4 Å². The van der Waals surface area contributed by atoms with Crippen LogP contribution in [0.25, 0.3) is 5.57 Å². The van der Waals surface area contributed by atoms with Crippen LogP contribution in [-0.4, -0.2) is 10.9 Å². The van der Waals surface area contributed by atoms with Gasteiger partial charge in [-0.25, -0.2) is 0 Å². The zero-order valence-electron chi connectivity index (χ0n) is 14.6. The third-order valence-corrected chi connectivity index (χ3v) is 3.60. The van der Waals surface area contributed by atoms with E-state index >= 15 is 0 Å². The molecule has 0 atom stereocenters. The second kappa shape index (κ2) is 5.67. The van der Waals surface area contributed by atoms with Crippen molar-refractivity contribution in [2.45, 2.75) is 66.2 Å². The number of ketones is 1. The molecule has 2 nitrogen and oxygen atoms in total. The van der Waals surface area contributed by atoms with Gasteiger partial charge in [0.15, 0.2) is 5.78 Å². The van der Waals surface area contributed by atoms with Crippen molar-refractivity contribution in [2.24, 2.45) is 0 Å². The van der Waals surface area contributed by atoms with E-state index in [1.54, 1.807) is 13.0 Å². The van der Waals surface area contributed by atoms with Gasteiger partial charge in [0, 0.05) is 11.1 Å². The summed E-state index contributed by atoms with van der Waals surface area (Å²) >= 11 is 0. The topological polar surface area (TPSA) is 37.3 Å². The molecule has 0 bridgehead atoms. The third-order valence-electron chi connectivity index (χ3n) is 3.60. The summed E-state index contributed by atoms with van der Waals surface area (Å²) in [7, 11) is 0. The van der Waals surface area contributed by atoms with E-state index < -0.39 is 0 Å². The highest BCUT2D eigenvalue weighted by molar-refractivity contribution is 5.94. The molecule has 0 unspecified atom stereocenters. The number of hydrogen-bond donors (Lipinski definition) is 1. The van der Waals surface area contributed by atoms with Crippen molar-refractivity contribution in [1.29, 1.82) is 0 Å². The standard InChI is InChI=1S/C19H28O2/c1-12(9-13(2)20)14-10-15(18(3,4)5)17(21)16(11-14)19(6,7)8/h9-11,21H,1-8H3/b12-9+. The SMILES string of the molecule is CC(=O)/C=C(\C)c1cc(C(C)(C)C)c(O)c(C(C)(C)C)c1. The maximum Gasteiger partial charge on any atom is 0.152 e. The molecule has 116 valence electrons. The van der Waals surface area contributed by atoms with Gasteiger partial charge >= 0.3 is 0 Å². The third kappa shape index (κ3) is 4.20. The van der Waals surface area contributed by atoms with E-state index in [2.05, 4.69) is 41.5 Å². The molecule has 2 heteroatoms. The summed E-state index contributed by atoms with van der Waals surface area (Å²) in [6, 6.07) is 4.00. The van der Waals surface area contributed by atoms with Crippen molar-refractivity contribution in [1.82, 2.24) is 0 Å². The molecule has 0 aliphatic rings. The van der Waals surface area contributed by atoms with Crippen molar-refractivity contribution in [2.75, 3.05) is 0 Å². The van der Waals surface area contributed by atoms with Crippen LogP contribution < -0.4 is 0 Å². The Hall–Kier alpha value is -1.57. The van der Waals surface area contributed by atoms with Gasteiger partial charge in [-0.05, 0) is 54.0 Å². The molecule has 1 aromatic carbocycles. The molecule has 0 spiro atoms. The lowest BCUT2D eigenvalue weighted by molar-refractivity contribution is -0.112. The summed E-state index contributed by atoms with van der Waals surface area (Å²) in [5.41, 5.74) is 3.45. The van der Waals surface area contributed by atoms with E-state index in [4.69, 9.17) is 0 Å². The fraction of sp³-hybridized carbons (Fsp3) is 0.526. The van der Waals surface area contributed by atoms with Crippen LogP contribution in [0.2, 0.25) is 0 Å². The van der Waals surface area contributed by atoms with E-state index in [1.165, 1.54) is 0 Å². The fourth-order valence-electron chi connectivity index (χ4n) is 2.39. The maximum atomic E-state index is 11.3. The normalized spacial score (nSPS) is 13.4. The quantitative estimate of drug-likeness (QED) is 0.779. The highest BCUT2D eigenvalue weighted by Crippen LogP contribution is 2.40. The number of phenols is 1. The first-order chi connectivity index (χ1) is 9.34. The predicted molar refractivity (Wildman–Crippen MR) is 89.8 cm³/mol. The van der Waals surface area contributed by atoms with Crippen molar-refractivity contribution < 1.29 is 9.90 Å². The van der Waals surface area contributed by atoms with Crippen molar-refractivity contribution in [3.63, 3.8) is 0 Å².